The molecule has 0 aromatic heterocycles. The Hall–Kier alpha value is -1.06. The summed E-state index contributed by atoms with van der Waals surface area (Å²) in [6.45, 7) is 3.32. The molecule has 0 spiro atoms. The number of rotatable bonds is 3. The third-order valence-corrected chi connectivity index (χ3v) is 3.55. The number of nitrogens with zero attached hydrogens (tertiary/aromatic N) is 2. The first-order valence-electron chi connectivity index (χ1n) is 6.32. The Bertz CT molecular complexity index is 348. The van der Waals surface area contributed by atoms with Crippen LogP contribution in [-0.2, 0) is 6.54 Å². The maximum atomic E-state index is 9.26. The first kappa shape index (κ1) is 12.4. The summed E-state index contributed by atoms with van der Waals surface area (Å²) >= 11 is 0. The van der Waals surface area contributed by atoms with E-state index in [0.29, 0.717) is 11.8 Å². The number of likely N-dealkylation sites (N-methyl/N-ethyl adjacent to an activating group) is 1. The van der Waals surface area contributed by atoms with Crippen molar-refractivity contribution in [3.8, 4) is 5.75 Å². The van der Waals surface area contributed by atoms with Gasteiger partial charge in [0.25, 0.3) is 0 Å². The monoisotopic (exact) mass is 234 g/mol. The molecule has 94 valence electrons. The van der Waals surface area contributed by atoms with Crippen molar-refractivity contribution in [2.24, 2.45) is 0 Å². The van der Waals surface area contributed by atoms with Gasteiger partial charge in [-0.1, -0.05) is 12.1 Å². The summed E-state index contributed by atoms with van der Waals surface area (Å²) in [5.74, 6) is 0.346. The van der Waals surface area contributed by atoms with Gasteiger partial charge < -0.3 is 10.0 Å². The van der Waals surface area contributed by atoms with Gasteiger partial charge in [0, 0.05) is 19.1 Å². The van der Waals surface area contributed by atoms with Crippen LogP contribution in [0.5, 0.6) is 5.75 Å². The van der Waals surface area contributed by atoms with Crippen LogP contribution in [0, 0.1) is 0 Å². The van der Waals surface area contributed by atoms with E-state index in [0.717, 1.165) is 13.1 Å². The number of phenols is 1. The molecular formula is C14H22N2O. The molecule has 0 bridgehead atoms. The highest BCUT2D eigenvalue weighted by Gasteiger charge is 2.21. The number of benzene rings is 1. The third kappa shape index (κ3) is 3.45. The SMILES string of the molecule is CN(C)C1CCCN(Cc2ccc(O)cc2)C1. The summed E-state index contributed by atoms with van der Waals surface area (Å²) in [6, 6.07) is 8.23. The van der Waals surface area contributed by atoms with Crippen LogP contribution >= 0.6 is 0 Å². The fraction of sp³-hybridized carbons (Fsp3) is 0.571. The van der Waals surface area contributed by atoms with Gasteiger partial charge in [0.1, 0.15) is 5.75 Å². The summed E-state index contributed by atoms with van der Waals surface area (Å²) in [5, 5.41) is 9.26. The summed E-state index contributed by atoms with van der Waals surface area (Å²) in [5.41, 5.74) is 1.28. The van der Waals surface area contributed by atoms with Crippen molar-refractivity contribution < 1.29 is 5.11 Å². The summed E-state index contributed by atoms with van der Waals surface area (Å²) in [4.78, 5) is 4.82. The van der Waals surface area contributed by atoms with E-state index in [9.17, 15) is 5.11 Å². The Balaban J connectivity index is 1.92. The Morgan fingerprint density at radius 1 is 1.29 bits per heavy atom. The molecule has 1 aromatic rings. The molecule has 3 nitrogen and oxygen atoms in total. The maximum absolute atomic E-state index is 9.26. The minimum absolute atomic E-state index is 0.346. The van der Waals surface area contributed by atoms with Crippen molar-refractivity contribution in [3.05, 3.63) is 29.8 Å². The molecule has 2 rings (SSSR count). The van der Waals surface area contributed by atoms with Crippen LogP contribution < -0.4 is 0 Å². The Morgan fingerprint density at radius 2 is 2.00 bits per heavy atom. The van der Waals surface area contributed by atoms with Crippen LogP contribution in [0.2, 0.25) is 0 Å². The van der Waals surface area contributed by atoms with E-state index in [4.69, 9.17) is 0 Å². The smallest absolute Gasteiger partial charge is 0.115 e. The first-order chi connectivity index (χ1) is 8.15. The first-order valence-corrected chi connectivity index (χ1v) is 6.32. The summed E-state index contributed by atoms with van der Waals surface area (Å²) in [7, 11) is 4.32. The van der Waals surface area contributed by atoms with Gasteiger partial charge in [-0.3, -0.25) is 4.90 Å². The molecule has 1 unspecified atom stereocenters. The van der Waals surface area contributed by atoms with Gasteiger partial charge in [-0.2, -0.15) is 0 Å². The fourth-order valence-electron chi connectivity index (χ4n) is 2.46. The maximum Gasteiger partial charge on any atom is 0.115 e. The van der Waals surface area contributed by atoms with Crippen molar-refractivity contribution in [1.29, 1.82) is 0 Å². The van der Waals surface area contributed by atoms with Crippen molar-refractivity contribution in [1.82, 2.24) is 9.80 Å². The van der Waals surface area contributed by atoms with Gasteiger partial charge in [-0.25, -0.2) is 0 Å². The van der Waals surface area contributed by atoms with Gasteiger partial charge >= 0.3 is 0 Å². The van der Waals surface area contributed by atoms with E-state index in [1.165, 1.54) is 24.9 Å². The van der Waals surface area contributed by atoms with E-state index in [2.05, 4.69) is 23.9 Å². The van der Waals surface area contributed by atoms with E-state index >= 15 is 0 Å². The van der Waals surface area contributed by atoms with E-state index < -0.39 is 0 Å². The standard InChI is InChI=1S/C14H22N2O/c1-15(2)13-4-3-9-16(11-13)10-12-5-7-14(17)8-6-12/h5-8,13,17H,3-4,9-11H2,1-2H3. The van der Waals surface area contributed by atoms with Crippen LogP contribution in [0.25, 0.3) is 0 Å². The quantitative estimate of drug-likeness (QED) is 0.865. The molecule has 1 aromatic carbocycles. The van der Waals surface area contributed by atoms with Gasteiger partial charge in [0.2, 0.25) is 0 Å². The van der Waals surface area contributed by atoms with Crippen LogP contribution in [-0.4, -0.2) is 48.1 Å². The Kier molecular flexibility index (Phi) is 4.02. The number of hydrogen-bond acceptors (Lipinski definition) is 3. The highest BCUT2D eigenvalue weighted by atomic mass is 16.3. The molecule has 1 N–H and O–H groups in total. The Morgan fingerprint density at radius 3 is 2.65 bits per heavy atom. The van der Waals surface area contributed by atoms with Crippen LogP contribution in [0.15, 0.2) is 24.3 Å². The minimum atomic E-state index is 0.346. The lowest BCUT2D eigenvalue weighted by molar-refractivity contribution is 0.128. The molecule has 1 heterocycles. The average molecular weight is 234 g/mol. The lowest BCUT2D eigenvalue weighted by Gasteiger charge is -2.36. The molecule has 1 fully saturated rings. The molecule has 0 radical (unpaired) electrons. The largest absolute Gasteiger partial charge is 0.508 e. The Labute approximate surface area is 104 Å². The summed E-state index contributed by atoms with van der Waals surface area (Å²) < 4.78 is 0. The lowest BCUT2D eigenvalue weighted by atomic mass is 10.0. The van der Waals surface area contributed by atoms with Gasteiger partial charge in [0.15, 0.2) is 0 Å². The van der Waals surface area contributed by atoms with E-state index in [1.807, 2.05) is 12.1 Å². The lowest BCUT2D eigenvalue weighted by Crippen LogP contribution is -2.44. The normalized spacial score (nSPS) is 21.9. The van der Waals surface area contributed by atoms with Crippen LogP contribution in [0.3, 0.4) is 0 Å². The van der Waals surface area contributed by atoms with Crippen molar-refractivity contribution in [2.75, 3.05) is 27.2 Å². The average Bonchev–Trinajstić information content (AvgIpc) is 2.32. The molecule has 1 aliphatic heterocycles. The zero-order chi connectivity index (χ0) is 12.3. The highest BCUT2D eigenvalue weighted by Crippen LogP contribution is 2.17. The van der Waals surface area contributed by atoms with E-state index in [-0.39, 0.29) is 0 Å². The zero-order valence-electron chi connectivity index (χ0n) is 10.8. The molecule has 0 saturated carbocycles. The molecular weight excluding hydrogens is 212 g/mol. The fourth-order valence-corrected chi connectivity index (χ4v) is 2.46. The summed E-state index contributed by atoms with van der Waals surface area (Å²) in [6.07, 6.45) is 2.58. The number of piperidine rings is 1. The molecule has 1 atom stereocenters. The second kappa shape index (κ2) is 5.52. The third-order valence-electron chi connectivity index (χ3n) is 3.55. The second-order valence-corrected chi connectivity index (χ2v) is 5.16. The predicted octanol–water partition coefficient (Wildman–Crippen LogP) is 1.92. The van der Waals surface area contributed by atoms with Crippen LogP contribution in [0.4, 0.5) is 0 Å². The molecule has 1 aliphatic rings. The number of likely N-dealkylation sites (tertiary alicyclic amines) is 1. The highest BCUT2D eigenvalue weighted by molar-refractivity contribution is 5.25. The van der Waals surface area contributed by atoms with Crippen molar-refractivity contribution >= 4 is 0 Å². The molecule has 1 saturated heterocycles. The van der Waals surface area contributed by atoms with Crippen LogP contribution in [0.1, 0.15) is 18.4 Å². The zero-order valence-corrected chi connectivity index (χ0v) is 10.8. The van der Waals surface area contributed by atoms with E-state index in [1.54, 1.807) is 12.1 Å². The number of hydrogen-bond donors (Lipinski definition) is 1. The van der Waals surface area contributed by atoms with Crippen molar-refractivity contribution in [3.63, 3.8) is 0 Å². The van der Waals surface area contributed by atoms with Gasteiger partial charge in [0.05, 0.1) is 0 Å². The molecule has 3 heteroatoms. The second-order valence-electron chi connectivity index (χ2n) is 5.16. The van der Waals surface area contributed by atoms with Gasteiger partial charge in [-0.15, -0.1) is 0 Å². The number of phenolic OH excluding ortho intramolecular Hbond substituents is 1. The molecule has 0 amide bonds. The topological polar surface area (TPSA) is 26.7 Å². The molecule has 0 aliphatic carbocycles. The van der Waals surface area contributed by atoms with Crippen molar-refractivity contribution in [2.45, 2.75) is 25.4 Å². The van der Waals surface area contributed by atoms with Gasteiger partial charge in [-0.05, 0) is 51.2 Å². The molecule has 17 heavy (non-hydrogen) atoms. The number of aromatic hydroxyl groups is 1. The minimum Gasteiger partial charge on any atom is -0.508 e. The predicted molar refractivity (Wildman–Crippen MR) is 70.1 cm³/mol.